The fourth-order valence-electron chi connectivity index (χ4n) is 0.868. The Bertz CT molecular complexity index is 417. The van der Waals surface area contributed by atoms with E-state index in [9.17, 15) is 0 Å². The van der Waals surface area contributed by atoms with Crippen LogP contribution in [0.2, 0.25) is 0 Å². The first-order chi connectivity index (χ1) is 8.45. The van der Waals surface area contributed by atoms with E-state index in [4.69, 9.17) is 10.5 Å². The van der Waals surface area contributed by atoms with E-state index in [1.54, 1.807) is 24.9 Å². The van der Waals surface area contributed by atoms with Crippen molar-refractivity contribution in [3.63, 3.8) is 0 Å². The van der Waals surface area contributed by atoms with Crippen molar-refractivity contribution in [1.29, 1.82) is 0 Å². The van der Waals surface area contributed by atoms with Crippen LogP contribution in [0, 0.1) is 13.8 Å². The van der Waals surface area contributed by atoms with Gasteiger partial charge in [0.1, 0.15) is 5.82 Å². The number of aromatic amines is 1. The van der Waals surface area contributed by atoms with E-state index in [1.807, 2.05) is 19.9 Å². The van der Waals surface area contributed by atoms with Crippen LogP contribution in [0.1, 0.15) is 11.1 Å². The van der Waals surface area contributed by atoms with Crippen molar-refractivity contribution in [2.45, 2.75) is 13.8 Å². The molecule has 18 heavy (non-hydrogen) atoms. The minimum absolute atomic E-state index is 0.634. The normalized spacial score (nSPS) is 8.39. The molecule has 98 valence electrons. The Balaban J connectivity index is 0.000000272. The molecule has 0 unspecified atom stereocenters. The molecular formula is C11H17N5OS. The van der Waals surface area contributed by atoms with Gasteiger partial charge in [0.25, 0.3) is 5.24 Å². The zero-order valence-electron chi connectivity index (χ0n) is 10.3. The van der Waals surface area contributed by atoms with Gasteiger partial charge in [-0.1, -0.05) is 12.6 Å². The number of nitrogen functional groups attached to an aromatic ring is 1. The molecule has 0 spiro atoms. The van der Waals surface area contributed by atoms with E-state index in [-0.39, 0.29) is 0 Å². The lowest BCUT2D eigenvalue weighted by Crippen LogP contribution is -1.95. The number of hydrogen-bond acceptors (Lipinski definition) is 4. The number of nitrogens with two attached hydrogens (primary N) is 2. The summed E-state index contributed by atoms with van der Waals surface area (Å²) in [6.45, 7) is 3.99. The van der Waals surface area contributed by atoms with Gasteiger partial charge in [-0.15, -0.1) is 0 Å². The van der Waals surface area contributed by atoms with Gasteiger partial charge in [-0.05, 0) is 31.0 Å². The molecule has 0 saturated heterocycles. The van der Waals surface area contributed by atoms with Crippen molar-refractivity contribution in [3.8, 4) is 0 Å². The molecule has 2 aromatic rings. The van der Waals surface area contributed by atoms with Gasteiger partial charge in [0.2, 0.25) is 0 Å². The summed E-state index contributed by atoms with van der Waals surface area (Å²) in [7, 11) is 0. The van der Waals surface area contributed by atoms with Gasteiger partial charge in [-0.25, -0.2) is 9.97 Å². The minimum atomic E-state index is -0.639. The summed E-state index contributed by atoms with van der Waals surface area (Å²) >= 11 is 3.10. The molecule has 2 heterocycles. The van der Waals surface area contributed by atoms with Crippen molar-refractivity contribution in [1.82, 2.24) is 15.0 Å². The second kappa shape index (κ2) is 9.06. The molecule has 0 aromatic carbocycles. The van der Waals surface area contributed by atoms with E-state index < -0.39 is 5.24 Å². The van der Waals surface area contributed by atoms with Gasteiger partial charge in [0.05, 0.1) is 6.33 Å². The number of H-pyrrole nitrogens is 1. The minimum Gasteiger partial charge on any atom is -0.383 e. The summed E-state index contributed by atoms with van der Waals surface area (Å²) < 4.78 is 0. The third kappa shape index (κ3) is 8.17. The molecule has 6 nitrogen and oxygen atoms in total. The van der Waals surface area contributed by atoms with E-state index in [2.05, 4.69) is 33.3 Å². The molecule has 0 atom stereocenters. The SMILES string of the molecule is Cc1ccnc(N)c1C.NC(=O)S.c1c[nH]cn1. The van der Waals surface area contributed by atoms with Gasteiger partial charge in [-0.3, -0.25) is 4.79 Å². The average molecular weight is 267 g/mol. The van der Waals surface area contributed by atoms with Crippen molar-refractivity contribution in [2.24, 2.45) is 5.73 Å². The largest absolute Gasteiger partial charge is 0.383 e. The quantitative estimate of drug-likeness (QED) is 0.544. The van der Waals surface area contributed by atoms with Crippen LogP contribution in [0.4, 0.5) is 10.6 Å². The molecule has 1 amide bonds. The molecule has 0 aliphatic rings. The standard InChI is InChI=1S/C7H10N2.C3H4N2.CH3NOS/c1-5-3-4-9-7(8)6(5)2;1-2-5-3-4-1;2-1(3)4/h3-4H,1-2H3,(H2,8,9);1-3H,(H,4,5);(H3,2,3,4). The lowest BCUT2D eigenvalue weighted by Gasteiger charge is -1.99. The fourth-order valence-corrected chi connectivity index (χ4v) is 0.868. The van der Waals surface area contributed by atoms with Crippen LogP contribution in [0.3, 0.4) is 0 Å². The smallest absolute Gasteiger partial charge is 0.273 e. The summed E-state index contributed by atoms with van der Waals surface area (Å²) in [6, 6.07) is 1.95. The second-order valence-corrected chi connectivity index (χ2v) is 3.68. The highest BCUT2D eigenvalue weighted by molar-refractivity contribution is 7.96. The number of nitrogens with one attached hydrogen (secondary N) is 1. The molecule has 5 N–H and O–H groups in total. The third-order valence-electron chi connectivity index (χ3n) is 1.92. The molecule has 0 radical (unpaired) electrons. The predicted octanol–water partition coefficient (Wildman–Crippen LogP) is 1.69. The van der Waals surface area contributed by atoms with Crippen LogP contribution in [-0.2, 0) is 0 Å². The first-order valence-electron chi connectivity index (χ1n) is 5.04. The number of pyridine rings is 1. The summed E-state index contributed by atoms with van der Waals surface area (Å²) in [6.07, 6.45) is 6.80. The van der Waals surface area contributed by atoms with Gasteiger partial charge in [0, 0.05) is 18.6 Å². The number of primary amides is 1. The monoisotopic (exact) mass is 267 g/mol. The molecule has 0 fully saturated rings. The van der Waals surface area contributed by atoms with E-state index in [1.165, 1.54) is 5.56 Å². The Morgan fingerprint density at radius 3 is 2.28 bits per heavy atom. The molecule has 2 rings (SSSR count). The molecule has 0 aliphatic carbocycles. The van der Waals surface area contributed by atoms with Gasteiger partial charge in [0.15, 0.2) is 0 Å². The number of carbonyl (C=O) groups is 1. The Kier molecular flexibility index (Phi) is 8.04. The van der Waals surface area contributed by atoms with Crippen LogP contribution in [0.5, 0.6) is 0 Å². The third-order valence-corrected chi connectivity index (χ3v) is 1.92. The van der Waals surface area contributed by atoms with Crippen LogP contribution >= 0.6 is 12.6 Å². The maximum absolute atomic E-state index is 9.09. The fraction of sp³-hybridized carbons (Fsp3) is 0.182. The molecule has 7 heteroatoms. The van der Waals surface area contributed by atoms with E-state index >= 15 is 0 Å². The number of anilines is 1. The van der Waals surface area contributed by atoms with E-state index in [0.29, 0.717) is 5.82 Å². The lowest BCUT2D eigenvalue weighted by atomic mass is 10.2. The summed E-state index contributed by atoms with van der Waals surface area (Å²) in [5.74, 6) is 0.634. The highest BCUT2D eigenvalue weighted by Gasteiger charge is 1.94. The van der Waals surface area contributed by atoms with Gasteiger partial charge >= 0.3 is 0 Å². The topological polar surface area (TPSA) is 111 Å². The lowest BCUT2D eigenvalue weighted by molar-refractivity contribution is 0.267. The van der Waals surface area contributed by atoms with Crippen LogP contribution in [0.25, 0.3) is 0 Å². The Hall–Kier alpha value is -2.02. The summed E-state index contributed by atoms with van der Waals surface area (Å²) in [4.78, 5) is 19.4. The summed E-state index contributed by atoms with van der Waals surface area (Å²) in [5.41, 5.74) is 12.1. The maximum Gasteiger partial charge on any atom is 0.273 e. The Morgan fingerprint density at radius 2 is 2.00 bits per heavy atom. The average Bonchev–Trinajstić information content (AvgIpc) is 2.83. The van der Waals surface area contributed by atoms with Gasteiger partial charge < -0.3 is 16.5 Å². The van der Waals surface area contributed by atoms with Crippen molar-refractivity contribution in [2.75, 3.05) is 5.73 Å². The Labute approximate surface area is 111 Å². The number of thiol groups is 1. The first-order valence-corrected chi connectivity index (χ1v) is 5.48. The van der Waals surface area contributed by atoms with Gasteiger partial charge in [-0.2, -0.15) is 0 Å². The van der Waals surface area contributed by atoms with Crippen molar-refractivity contribution < 1.29 is 4.79 Å². The molecule has 0 saturated carbocycles. The number of aryl methyl sites for hydroxylation is 1. The number of carbonyl (C=O) groups excluding carboxylic acids is 1. The molecule has 0 aliphatic heterocycles. The maximum atomic E-state index is 9.09. The van der Waals surface area contributed by atoms with Crippen LogP contribution in [0.15, 0.2) is 31.0 Å². The van der Waals surface area contributed by atoms with Crippen molar-refractivity contribution >= 4 is 23.7 Å². The van der Waals surface area contributed by atoms with E-state index in [0.717, 1.165) is 5.56 Å². The number of amides is 1. The second-order valence-electron chi connectivity index (χ2n) is 3.24. The van der Waals surface area contributed by atoms with Crippen LogP contribution in [-0.4, -0.2) is 20.2 Å². The molecule has 0 bridgehead atoms. The van der Waals surface area contributed by atoms with Crippen molar-refractivity contribution in [3.05, 3.63) is 42.1 Å². The number of hydrogen-bond donors (Lipinski definition) is 4. The molecular weight excluding hydrogens is 250 g/mol. The molecule has 2 aromatic heterocycles. The number of imidazole rings is 1. The number of aromatic nitrogens is 3. The zero-order valence-corrected chi connectivity index (χ0v) is 11.2. The number of rotatable bonds is 0. The Morgan fingerprint density at radius 1 is 1.39 bits per heavy atom. The summed E-state index contributed by atoms with van der Waals surface area (Å²) in [5, 5.41) is -0.639. The highest BCUT2D eigenvalue weighted by atomic mass is 32.1. The highest BCUT2D eigenvalue weighted by Crippen LogP contribution is 2.09. The zero-order chi connectivity index (χ0) is 14.0. The number of nitrogens with zero attached hydrogens (tertiary/aromatic N) is 2. The predicted molar refractivity (Wildman–Crippen MR) is 75.3 cm³/mol. The first kappa shape index (κ1) is 16.0. The van der Waals surface area contributed by atoms with Crippen LogP contribution < -0.4 is 11.5 Å².